The van der Waals surface area contributed by atoms with E-state index in [1.807, 2.05) is 30.3 Å². The molecule has 2 aromatic rings. The highest BCUT2D eigenvalue weighted by Gasteiger charge is 2.09. The molecule has 1 unspecified atom stereocenters. The maximum absolute atomic E-state index is 13.8. The monoisotopic (exact) mass is 257 g/mol. The largest absolute Gasteiger partial charge is 0.460 e. The number of ether oxygens (including phenoxy) is 1. The number of benzene rings is 2. The van der Waals surface area contributed by atoms with Crippen LogP contribution in [0.2, 0.25) is 0 Å². The summed E-state index contributed by atoms with van der Waals surface area (Å²) in [5, 5.41) is 7.54. The second-order valence-electron chi connectivity index (χ2n) is 4.37. The van der Waals surface area contributed by atoms with Crippen molar-refractivity contribution in [1.82, 2.24) is 0 Å². The van der Waals surface area contributed by atoms with Crippen LogP contribution >= 0.6 is 0 Å². The van der Waals surface area contributed by atoms with Crippen molar-refractivity contribution in [3.8, 4) is 5.75 Å². The summed E-state index contributed by atoms with van der Waals surface area (Å²) < 4.78 is 19.1. The number of nitrogens with one attached hydrogen (secondary N) is 1. The fourth-order valence-electron chi connectivity index (χ4n) is 1.79. The lowest BCUT2D eigenvalue weighted by atomic mass is 10.1. The molecule has 1 N–H and O–H groups in total. The Labute approximate surface area is 112 Å². The fourth-order valence-corrected chi connectivity index (χ4v) is 1.79. The minimum atomic E-state index is -1.39. The van der Waals surface area contributed by atoms with Gasteiger partial charge < -0.3 is 10.1 Å². The molecule has 0 spiro atoms. The van der Waals surface area contributed by atoms with Crippen LogP contribution in [-0.2, 0) is 6.42 Å². The Bertz CT molecular complexity index is 554. The predicted octanol–water partition coefficient (Wildman–Crippen LogP) is 3.99. The summed E-state index contributed by atoms with van der Waals surface area (Å²) in [6, 6.07) is 16.3. The normalized spacial score (nSPS) is 11.9. The molecule has 98 valence electrons. The summed E-state index contributed by atoms with van der Waals surface area (Å²) in [5.41, 5.74) is 2.07. The van der Waals surface area contributed by atoms with Gasteiger partial charge in [0.25, 0.3) is 0 Å². The van der Waals surface area contributed by atoms with Gasteiger partial charge in [-0.15, -0.1) is 0 Å². The van der Waals surface area contributed by atoms with Gasteiger partial charge in [-0.25, -0.2) is 4.39 Å². The molecule has 0 aromatic heterocycles. The molecule has 1 atom stereocenters. The number of rotatable bonds is 5. The lowest BCUT2D eigenvalue weighted by Gasteiger charge is -2.12. The van der Waals surface area contributed by atoms with E-state index in [0.29, 0.717) is 11.5 Å². The van der Waals surface area contributed by atoms with Crippen LogP contribution in [0.1, 0.15) is 18.1 Å². The van der Waals surface area contributed by atoms with E-state index < -0.39 is 6.36 Å². The highest BCUT2D eigenvalue weighted by atomic mass is 19.1. The zero-order valence-corrected chi connectivity index (χ0v) is 10.8. The molecular formula is C16H16FNO. The lowest BCUT2D eigenvalue weighted by Crippen LogP contribution is -2.13. The van der Waals surface area contributed by atoms with Gasteiger partial charge in [-0.2, -0.15) is 0 Å². The third-order valence-electron chi connectivity index (χ3n) is 2.77. The number of alkyl halides is 1. The van der Waals surface area contributed by atoms with Crippen LogP contribution in [0.15, 0.2) is 54.6 Å². The summed E-state index contributed by atoms with van der Waals surface area (Å²) in [7, 11) is 0. The first-order valence-corrected chi connectivity index (χ1v) is 6.15. The molecule has 0 fully saturated rings. The molecule has 2 rings (SSSR count). The molecule has 0 saturated heterocycles. The molecule has 0 radical (unpaired) electrons. The Balaban J connectivity index is 2.01. The average molecular weight is 257 g/mol. The highest BCUT2D eigenvalue weighted by molar-refractivity contribution is 5.96. The summed E-state index contributed by atoms with van der Waals surface area (Å²) in [6.45, 7) is 1.69. The average Bonchev–Trinajstić information content (AvgIpc) is 2.40. The smallest absolute Gasteiger partial charge is 0.242 e. The van der Waals surface area contributed by atoms with E-state index in [9.17, 15) is 4.39 Å². The molecule has 19 heavy (non-hydrogen) atoms. The van der Waals surface area contributed by atoms with Crippen LogP contribution in [0.4, 0.5) is 4.39 Å². The number of halogens is 1. The van der Waals surface area contributed by atoms with Crippen LogP contribution in [0.5, 0.6) is 5.75 Å². The first kappa shape index (κ1) is 13.3. The molecule has 0 saturated carbocycles. The van der Waals surface area contributed by atoms with Crippen molar-refractivity contribution in [3.63, 3.8) is 0 Å². The third-order valence-corrected chi connectivity index (χ3v) is 2.77. The number of hydrogen-bond acceptors (Lipinski definition) is 2. The molecular weight excluding hydrogens is 241 g/mol. The van der Waals surface area contributed by atoms with Gasteiger partial charge in [-0.1, -0.05) is 42.5 Å². The third kappa shape index (κ3) is 3.91. The highest BCUT2D eigenvalue weighted by Crippen LogP contribution is 2.17. The fraction of sp³-hybridized carbons (Fsp3) is 0.188. The summed E-state index contributed by atoms with van der Waals surface area (Å²) in [6.07, 6.45) is -1.17. The molecule has 2 aromatic carbocycles. The van der Waals surface area contributed by atoms with Gasteiger partial charge in [-0.05, 0) is 30.2 Å². The van der Waals surface area contributed by atoms with Gasteiger partial charge in [0.1, 0.15) is 5.75 Å². The van der Waals surface area contributed by atoms with Crippen molar-refractivity contribution < 1.29 is 9.13 Å². The van der Waals surface area contributed by atoms with Crippen molar-refractivity contribution in [1.29, 1.82) is 5.41 Å². The van der Waals surface area contributed by atoms with Crippen molar-refractivity contribution in [3.05, 3.63) is 65.7 Å². The molecule has 3 heteroatoms. The van der Waals surface area contributed by atoms with Gasteiger partial charge in [0.15, 0.2) is 0 Å². The minimum Gasteiger partial charge on any atom is -0.460 e. The van der Waals surface area contributed by atoms with Crippen LogP contribution in [0.3, 0.4) is 0 Å². The first-order chi connectivity index (χ1) is 9.15. The van der Waals surface area contributed by atoms with Gasteiger partial charge in [0.05, 0.1) is 0 Å². The molecule has 0 aliphatic carbocycles. The Kier molecular flexibility index (Phi) is 4.29. The lowest BCUT2D eigenvalue weighted by molar-refractivity contribution is 0.0681. The predicted molar refractivity (Wildman–Crippen MR) is 74.6 cm³/mol. The Morgan fingerprint density at radius 1 is 1.16 bits per heavy atom. The van der Waals surface area contributed by atoms with E-state index in [1.165, 1.54) is 0 Å². The van der Waals surface area contributed by atoms with Crippen LogP contribution in [0.25, 0.3) is 0 Å². The molecule has 0 aliphatic rings. The Morgan fingerprint density at radius 3 is 2.58 bits per heavy atom. The van der Waals surface area contributed by atoms with Gasteiger partial charge in [-0.3, -0.25) is 0 Å². The summed E-state index contributed by atoms with van der Waals surface area (Å²) in [4.78, 5) is 0. The molecule has 0 bridgehead atoms. The molecule has 0 amide bonds. The van der Waals surface area contributed by atoms with E-state index in [0.717, 1.165) is 11.1 Å². The molecule has 2 nitrogen and oxygen atoms in total. The van der Waals surface area contributed by atoms with Crippen molar-refractivity contribution in [2.24, 2.45) is 0 Å². The van der Waals surface area contributed by atoms with Gasteiger partial charge >= 0.3 is 0 Å². The van der Waals surface area contributed by atoms with Crippen LogP contribution in [-0.4, -0.2) is 12.1 Å². The minimum absolute atomic E-state index is 0.217. The Hall–Kier alpha value is -2.16. The van der Waals surface area contributed by atoms with E-state index in [-0.39, 0.29) is 6.42 Å². The summed E-state index contributed by atoms with van der Waals surface area (Å²) >= 11 is 0. The second kappa shape index (κ2) is 6.14. The van der Waals surface area contributed by atoms with E-state index in [4.69, 9.17) is 10.1 Å². The van der Waals surface area contributed by atoms with Crippen LogP contribution < -0.4 is 4.74 Å². The zero-order valence-electron chi connectivity index (χ0n) is 10.8. The van der Waals surface area contributed by atoms with Gasteiger partial charge in [0, 0.05) is 12.1 Å². The Morgan fingerprint density at radius 2 is 1.89 bits per heavy atom. The van der Waals surface area contributed by atoms with E-state index in [2.05, 4.69) is 0 Å². The standard InChI is InChI=1S/C16H16FNO/c1-12(18)14-8-5-9-15(11-14)19-16(17)10-13-6-3-2-4-7-13/h2-9,11,16,18H,10H2,1H3. The SMILES string of the molecule is CC(=N)c1cccc(OC(F)Cc2ccccc2)c1. The van der Waals surface area contributed by atoms with Crippen molar-refractivity contribution in [2.45, 2.75) is 19.7 Å². The van der Waals surface area contributed by atoms with E-state index in [1.54, 1.807) is 31.2 Å². The number of hydrogen-bond donors (Lipinski definition) is 1. The quantitative estimate of drug-likeness (QED) is 0.807. The molecule has 0 heterocycles. The van der Waals surface area contributed by atoms with Gasteiger partial charge in [0.2, 0.25) is 6.36 Å². The van der Waals surface area contributed by atoms with Crippen molar-refractivity contribution >= 4 is 5.71 Å². The maximum Gasteiger partial charge on any atom is 0.242 e. The topological polar surface area (TPSA) is 33.1 Å². The van der Waals surface area contributed by atoms with E-state index >= 15 is 0 Å². The second-order valence-corrected chi connectivity index (χ2v) is 4.37. The van der Waals surface area contributed by atoms with Crippen LogP contribution in [0, 0.1) is 5.41 Å². The first-order valence-electron chi connectivity index (χ1n) is 6.15. The zero-order chi connectivity index (χ0) is 13.7. The van der Waals surface area contributed by atoms with Crippen molar-refractivity contribution in [2.75, 3.05) is 0 Å². The summed E-state index contributed by atoms with van der Waals surface area (Å²) in [5.74, 6) is 0.451. The maximum atomic E-state index is 13.8. The molecule has 0 aliphatic heterocycles.